The molecular weight excluding hydrogens is 255 g/mol. The first-order chi connectivity index (χ1) is 8.08. The zero-order valence-electron chi connectivity index (χ0n) is 10.3. The first-order valence-electron chi connectivity index (χ1n) is 5.92. The minimum atomic E-state index is -0.513. The molecule has 5 heteroatoms. The zero-order chi connectivity index (χ0) is 12.4. The second-order valence-electron chi connectivity index (χ2n) is 4.59. The van der Waals surface area contributed by atoms with Gasteiger partial charge in [-0.1, -0.05) is 6.07 Å². The molecule has 1 aliphatic carbocycles. The van der Waals surface area contributed by atoms with Crippen LogP contribution in [0.4, 0.5) is 4.39 Å². The van der Waals surface area contributed by atoms with E-state index in [0.29, 0.717) is 0 Å². The van der Waals surface area contributed by atoms with Crippen LogP contribution >= 0.6 is 12.4 Å². The van der Waals surface area contributed by atoms with Crippen molar-refractivity contribution in [1.29, 1.82) is 0 Å². The number of benzene rings is 1. The van der Waals surface area contributed by atoms with Gasteiger partial charge in [-0.25, -0.2) is 4.39 Å². The number of rotatable bonds is 2. The molecule has 1 aliphatic rings. The molecule has 0 heterocycles. The maximum Gasteiger partial charge on any atom is 0.237 e. The van der Waals surface area contributed by atoms with Crippen molar-refractivity contribution in [3.8, 4) is 0 Å². The van der Waals surface area contributed by atoms with Crippen LogP contribution in [0.2, 0.25) is 0 Å². The van der Waals surface area contributed by atoms with Gasteiger partial charge in [0, 0.05) is 0 Å². The molecule has 0 bridgehead atoms. The molecule has 1 aromatic carbocycles. The molecule has 100 valence electrons. The van der Waals surface area contributed by atoms with Gasteiger partial charge in [0.25, 0.3) is 0 Å². The molecule has 0 fully saturated rings. The van der Waals surface area contributed by atoms with Crippen molar-refractivity contribution in [3.05, 3.63) is 35.1 Å². The average molecular weight is 273 g/mol. The number of aryl methyl sites for hydroxylation is 1. The average Bonchev–Trinajstić information content (AvgIpc) is 2.28. The lowest BCUT2D eigenvalue weighted by Gasteiger charge is -2.27. The van der Waals surface area contributed by atoms with E-state index in [1.807, 2.05) is 0 Å². The summed E-state index contributed by atoms with van der Waals surface area (Å²) >= 11 is 0. The van der Waals surface area contributed by atoms with Gasteiger partial charge < -0.3 is 11.1 Å². The van der Waals surface area contributed by atoms with Crippen molar-refractivity contribution in [2.75, 3.05) is 0 Å². The first-order valence-corrected chi connectivity index (χ1v) is 5.92. The quantitative estimate of drug-likeness (QED) is 0.866. The summed E-state index contributed by atoms with van der Waals surface area (Å²) in [5.41, 5.74) is 7.54. The van der Waals surface area contributed by atoms with Crippen LogP contribution in [-0.4, -0.2) is 11.9 Å². The van der Waals surface area contributed by atoms with Crippen LogP contribution < -0.4 is 11.1 Å². The normalized spacial score (nSPS) is 19.4. The Bertz CT molecular complexity index is 437. The van der Waals surface area contributed by atoms with Crippen LogP contribution in [0.3, 0.4) is 0 Å². The second-order valence-corrected chi connectivity index (χ2v) is 4.59. The highest BCUT2D eigenvalue weighted by Gasteiger charge is 2.22. The lowest BCUT2D eigenvalue weighted by Crippen LogP contribution is -2.41. The number of fused-ring (bicyclic) bond motifs is 1. The van der Waals surface area contributed by atoms with E-state index in [1.165, 1.54) is 6.07 Å². The van der Waals surface area contributed by atoms with Gasteiger partial charge in [-0.2, -0.15) is 0 Å². The Balaban J connectivity index is 0.00000162. The highest BCUT2D eigenvalue weighted by molar-refractivity contribution is 5.85. The van der Waals surface area contributed by atoms with Gasteiger partial charge in [-0.05, 0) is 49.4 Å². The summed E-state index contributed by atoms with van der Waals surface area (Å²) in [4.78, 5) is 11.6. The third kappa shape index (κ3) is 3.21. The van der Waals surface area contributed by atoms with Crippen LogP contribution in [0.5, 0.6) is 0 Å². The summed E-state index contributed by atoms with van der Waals surface area (Å²) in [5, 5.41) is 2.91. The molecule has 0 saturated heterocycles. The van der Waals surface area contributed by atoms with Gasteiger partial charge >= 0.3 is 0 Å². The van der Waals surface area contributed by atoms with E-state index in [4.69, 9.17) is 5.73 Å². The monoisotopic (exact) mass is 272 g/mol. The summed E-state index contributed by atoms with van der Waals surface area (Å²) in [6.45, 7) is 1.66. The molecular formula is C13H18ClFN2O. The molecule has 2 atom stereocenters. The Morgan fingerprint density at radius 3 is 2.94 bits per heavy atom. The predicted octanol–water partition coefficient (Wildman–Crippen LogP) is 2.09. The van der Waals surface area contributed by atoms with Crippen LogP contribution in [-0.2, 0) is 11.2 Å². The fourth-order valence-corrected chi connectivity index (χ4v) is 2.24. The Hall–Kier alpha value is -1.13. The highest BCUT2D eigenvalue weighted by Crippen LogP contribution is 2.30. The van der Waals surface area contributed by atoms with E-state index in [2.05, 4.69) is 5.32 Å². The summed E-state index contributed by atoms with van der Waals surface area (Å²) in [6, 6.07) is 4.21. The van der Waals surface area contributed by atoms with Crippen molar-refractivity contribution in [1.82, 2.24) is 5.32 Å². The topological polar surface area (TPSA) is 55.1 Å². The maximum atomic E-state index is 13.1. The van der Waals surface area contributed by atoms with E-state index < -0.39 is 6.04 Å². The van der Waals surface area contributed by atoms with Crippen LogP contribution in [0.1, 0.15) is 36.9 Å². The largest absolute Gasteiger partial charge is 0.348 e. The number of amides is 1. The molecule has 0 aromatic heterocycles. The fraction of sp³-hybridized carbons (Fsp3) is 0.462. The van der Waals surface area contributed by atoms with Crippen LogP contribution in [0, 0.1) is 5.82 Å². The van der Waals surface area contributed by atoms with E-state index in [9.17, 15) is 9.18 Å². The first kappa shape index (κ1) is 14.9. The number of hydrogen-bond donors (Lipinski definition) is 2. The second kappa shape index (κ2) is 6.16. The number of nitrogens with two attached hydrogens (primary N) is 1. The molecule has 0 radical (unpaired) electrons. The number of hydrogen-bond acceptors (Lipinski definition) is 2. The third-order valence-corrected chi connectivity index (χ3v) is 3.15. The Kier molecular flexibility index (Phi) is 5.11. The Morgan fingerprint density at radius 1 is 1.56 bits per heavy atom. The molecule has 2 unspecified atom stereocenters. The molecule has 0 spiro atoms. The standard InChI is InChI=1S/C13H17FN2O.ClH/c1-8(15)13(17)16-12-4-2-3-9-7-10(14)5-6-11(9)12;/h5-8,12H,2-4,15H2,1H3,(H,16,17);1H. The zero-order valence-corrected chi connectivity index (χ0v) is 11.1. The van der Waals surface area contributed by atoms with Crippen molar-refractivity contribution in [3.63, 3.8) is 0 Å². The third-order valence-electron chi connectivity index (χ3n) is 3.15. The van der Waals surface area contributed by atoms with E-state index in [0.717, 1.165) is 30.4 Å². The summed E-state index contributed by atoms with van der Waals surface area (Å²) in [6.07, 6.45) is 2.72. The molecule has 3 nitrogen and oxygen atoms in total. The predicted molar refractivity (Wildman–Crippen MR) is 71.1 cm³/mol. The number of carbonyl (C=O) groups is 1. The number of carbonyl (C=O) groups excluding carboxylic acids is 1. The van der Waals surface area contributed by atoms with Crippen LogP contribution in [0.15, 0.2) is 18.2 Å². The molecule has 0 saturated carbocycles. The van der Waals surface area contributed by atoms with Crippen molar-refractivity contribution < 1.29 is 9.18 Å². The van der Waals surface area contributed by atoms with Gasteiger partial charge in [0.15, 0.2) is 0 Å². The van der Waals surface area contributed by atoms with Gasteiger partial charge in [0.1, 0.15) is 5.82 Å². The lowest BCUT2D eigenvalue weighted by atomic mass is 9.87. The molecule has 2 rings (SSSR count). The Labute approximate surface area is 112 Å². The van der Waals surface area contributed by atoms with Crippen LogP contribution in [0.25, 0.3) is 0 Å². The summed E-state index contributed by atoms with van der Waals surface area (Å²) in [7, 11) is 0. The molecule has 3 N–H and O–H groups in total. The Morgan fingerprint density at radius 2 is 2.28 bits per heavy atom. The van der Waals surface area contributed by atoms with E-state index in [-0.39, 0.29) is 30.2 Å². The molecule has 18 heavy (non-hydrogen) atoms. The van der Waals surface area contributed by atoms with Gasteiger partial charge in [-0.15, -0.1) is 12.4 Å². The number of halogens is 2. The maximum absolute atomic E-state index is 13.1. The molecule has 1 amide bonds. The van der Waals surface area contributed by atoms with Crippen molar-refractivity contribution in [2.24, 2.45) is 5.73 Å². The highest BCUT2D eigenvalue weighted by atomic mass is 35.5. The molecule has 1 aromatic rings. The van der Waals surface area contributed by atoms with E-state index >= 15 is 0 Å². The van der Waals surface area contributed by atoms with Crippen molar-refractivity contribution in [2.45, 2.75) is 38.3 Å². The minimum Gasteiger partial charge on any atom is -0.348 e. The smallest absolute Gasteiger partial charge is 0.237 e. The summed E-state index contributed by atoms with van der Waals surface area (Å²) < 4.78 is 13.1. The van der Waals surface area contributed by atoms with Gasteiger partial charge in [0.05, 0.1) is 12.1 Å². The van der Waals surface area contributed by atoms with Gasteiger partial charge in [-0.3, -0.25) is 4.79 Å². The summed E-state index contributed by atoms with van der Waals surface area (Å²) in [5.74, 6) is -0.380. The van der Waals surface area contributed by atoms with E-state index in [1.54, 1.807) is 19.1 Å². The number of nitrogens with one attached hydrogen (secondary N) is 1. The SMILES string of the molecule is CC(N)C(=O)NC1CCCc2cc(F)ccc21.Cl. The fourth-order valence-electron chi connectivity index (χ4n) is 2.24. The van der Waals surface area contributed by atoms with Crippen molar-refractivity contribution >= 4 is 18.3 Å². The lowest BCUT2D eigenvalue weighted by molar-refractivity contribution is -0.122. The molecule has 0 aliphatic heterocycles. The van der Waals surface area contributed by atoms with Gasteiger partial charge in [0.2, 0.25) is 5.91 Å². The minimum absolute atomic E-state index is 0.